The summed E-state index contributed by atoms with van der Waals surface area (Å²) in [5.41, 5.74) is 6.69. The standard InChI is InChI=1S/C11H16ClNO3/c1-15-10-6-7(9(13)3-4-14)5-8(12)11(10)16-2/h5-6,9,14H,3-4,13H2,1-2H3/t9-/m0/s1. The largest absolute Gasteiger partial charge is 0.493 e. The zero-order valence-electron chi connectivity index (χ0n) is 9.37. The van der Waals surface area contributed by atoms with Gasteiger partial charge in [-0.05, 0) is 24.1 Å². The van der Waals surface area contributed by atoms with E-state index in [0.29, 0.717) is 22.9 Å². The normalized spacial score (nSPS) is 12.3. The maximum Gasteiger partial charge on any atom is 0.179 e. The van der Waals surface area contributed by atoms with E-state index in [9.17, 15) is 0 Å². The van der Waals surface area contributed by atoms with E-state index in [2.05, 4.69) is 0 Å². The van der Waals surface area contributed by atoms with Crippen LogP contribution in [0.2, 0.25) is 5.02 Å². The Morgan fingerprint density at radius 2 is 2.06 bits per heavy atom. The van der Waals surface area contributed by atoms with Crippen molar-refractivity contribution in [2.24, 2.45) is 5.73 Å². The SMILES string of the molecule is COc1cc([C@@H](N)CCO)cc(Cl)c1OC. The van der Waals surface area contributed by atoms with Crippen LogP contribution in [0.4, 0.5) is 0 Å². The van der Waals surface area contributed by atoms with E-state index in [-0.39, 0.29) is 12.6 Å². The van der Waals surface area contributed by atoms with Gasteiger partial charge in [0.25, 0.3) is 0 Å². The van der Waals surface area contributed by atoms with Crippen LogP contribution in [-0.4, -0.2) is 25.9 Å². The first-order valence-electron chi connectivity index (χ1n) is 4.91. The molecule has 0 aromatic heterocycles. The van der Waals surface area contributed by atoms with Crippen LogP contribution in [0.15, 0.2) is 12.1 Å². The zero-order valence-corrected chi connectivity index (χ0v) is 10.1. The number of nitrogens with two attached hydrogens (primary N) is 1. The molecule has 0 unspecified atom stereocenters. The summed E-state index contributed by atoms with van der Waals surface area (Å²) < 4.78 is 10.3. The monoisotopic (exact) mass is 245 g/mol. The van der Waals surface area contributed by atoms with Crippen molar-refractivity contribution in [3.05, 3.63) is 22.7 Å². The Kier molecular flexibility index (Phi) is 4.86. The highest BCUT2D eigenvalue weighted by atomic mass is 35.5. The predicted molar refractivity (Wildman–Crippen MR) is 63.2 cm³/mol. The Bertz CT molecular complexity index is 357. The molecule has 0 aliphatic heterocycles. The number of halogens is 1. The van der Waals surface area contributed by atoms with Gasteiger partial charge in [0.2, 0.25) is 0 Å². The molecule has 0 saturated carbocycles. The third kappa shape index (κ3) is 2.78. The second-order valence-corrected chi connectivity index (χ2v) is 3.76. The van der Waals surface area contributed by atoms with Crippen molar-refractivity contribution < 1.29 is 14.6 Å². The maximum absolute atomic E-state index is 8.83. The molecule has 1 aromatic carbocycles. The van der Waals surface area contributed by atoms with Crippen LogP contribution in [0.1, 0.15) is 18.0 Å². The molecule has 0 bridgehead atoms. The van der Waals surface area contributed by atoms with E-state index in [1.54, 1.807) is 12.1 Å². The van der Waals surface area contributed by atoms with Gasteiger partial charge in [-0.3, -0.25) is 0 Å². The van der Waals surface area contributed by atoms with E-state index in [1.165, 1.54) is 14.2 Å². The third-order valence-corrected chi connectivity index (χ3v) is 2.60. The fourth-order valence-corrected chi connectivity index (χ4v) is 1.75. The molecule has 90 valence electrons. The van der Waals surface area contributed by atoms with Crippen LogP contribution in [0.25, 0.3) is 0 Å². The highest BCUT2D eigenvalue weighted by Gasteiger charge is 2.14. The number of hydrogen-bond acceptors (Lipinski definition) is 4. The summed E-state index contributed by atoms with van der Waals surface area (Å²) in [5.74, 6) is 1.03. The van der Waals surface area contributed by atoms with Crippen molar-refractivity contribution in [3.63, 3.8) is 0 Å². The summed E-state index contributed by atoms with van der Waals surface area (Å²) in [7, 11) is 3.06. The van der Waals surface area contributed by atoms with Gasteiger partial charge in [0.1, 0.15) is 0 Å². The lowest BCUT2D eigenvalue weighted by atomic mass is 10.0. The van der Waals surface area contributed by atoms with Gasteiger partial charge in [-0.2, -0.15) is 0 Å². The molecule has 0 aliphatic carbocycles. The molecule has 0 aliphatic rings. The Labute approximate surface area is 99.9 Å². The lowest BCUT2D eigenvalue weighted by molar-refractivity contribution is 0.276. The maximum atomic E-state index is 8.83. The molecule has 0 fully saturated rings. The molecule has 3 N–H and O–H groups in total. The fraction of sp³-hybridized carbons (Fsp3) is 0.455. The molecule has 1 aromatic rings. The highest BCUT2D eigenvalue weighted by molar-refractivity contribution is 6.32. The van der Waals surface area contributed by atoms with E-state index in [4.69, 9.17) is 31.9 Å². The molecule has 0 amide bonds. The quantitative estimate of drug-likeness (QED) is 0.829. The highest BCUT2D eigenvalue weighted by Crippen LogP contribution is 2.37. The number of aliphatic hydroxyl groups is 1. The third-order valence-electron chi connectivity index (χ3n) is 2.32. The van der Waals surface area contributed by atoms with Crippen molar-refractivity contribution in [3.8, 4) is 11.5 Å². The van der Waals surface area contributed by atoms with Crippen LogP contribution in [-0.2, 0) is 0 Å². The first-order valence-corrected chi connectivity index (χ1v) is 5.29. The molecule has 1 atom stereocenters. The van der Waals surface area contributed by atoms with Gasteiger partial charge in [0.15, 0.2) is 11.5 Å². The molecule has 4 nitrogen and oxygen atoms in total. The van der Waals surface area contributed by atoms with Crippen LogP contribution in [0.3, 0.4) is 0 Å². The van der Waals surface area contributed by atoms with E-state index >= 15 is 0 Å². The van der Waals surface area contributed by atoms with E-state index < -0.39 is 0 Å². The summed E-state index contributed by atoms with van der Waals surface area (Å²) in [5, 5.41) is 9.27. The fourth-order valence-electron chi connectivity index (χ4n) is 1.46. The van der Waals surface area contributed by atoms with Crippen LogP contribution in [0, 0.1) is 0 Å². The molecular formula is C11H16ClNO3. The predicted octanol–water partition coefficient (Wildman–Crippen LogP) is 1.74. The molecule has 5 heteroatoms. The molecule has 0 spiro atoms. The Morgan fingerprint density at radius 1 is 1.38 bits per heavy atom. The minimum absolute atomic E-state index is 0.0349. The second kappa shape index (κ2) is 5.94. The summed E-state index contributed by atoms with van der Waals surface area (Å²) in [6.07, 6.45) is 0.478. The smallest absolute Gasteiger partial charge is 0.179 e. The number of benzene rings is 1. The molecule has 1 rings (SSSR count). The first-order chi connectivity index (χ1) is 7.63. The van der Waals surface area contributed by atoms with Crippen molar-refractivity contribution in [1.82, 2.24) is 0 Å². The van der Waals surface area contributed by atoms with Crippen LogP contribution in [0.5, 0.6) is 11.5 Å². The topological polar surface area (TPSA) is 64.7 Å². The van der Waals surface area contributed by atoms with Gasteiger partial charge >= 0.3 is 0 Å². The molecule has 0 saturated heterocycles. The number of aliphatic hydroxyl groups excluding tert-OH is 1. The summed E-state index contributed by atoms with van der Waals surface area (Å²) in [6.45, 7) is 0.0349. The number of methoxy groups -OCH3 is 2. The average molecular weight is 246 g/mol. The number of hydrogen-bond donors (Lipinski definition) is 2. The Balaban J connectivity index is 3.09. The van der Waals surface area contributed by atoms with Gasteiger partial charge in [0, 0.05) is 12.6 Å². The first kappa shape index (κ1) is 13.1. The number of ether oxygens (including phenoxy) is 2. The van der Waals surface area contributed by atoms with Crippen LogP contribution < -0.4 is 15.2 Å². The minimum atomic E-state index is -0.262. The van der Waals surface area contributed by atoms with Gasteiger partial charge in [-0.25, -0.2) is 0 Å². The summed E-state index contributed by atoms with van der Waals surface area (Å²) in [6, 6.07) is 3.23. The molecule has 16 heavy (non-hydrogen) atoms. The lowest BCUT2D eigenvalue weighted by Crippen LogP contribution is -2.12. The van der Waals surface area contributed by atoms with E-state index in [1.807, 2.05) is 0 Å². The summed E-state index contributed by atoms with van der Waals surface area (Å²) >= 11 is 6.03. The van der Waals surface area contributed by atoms with Gasteiger partial charge < -0.3 is 20.3 Å². The van der Waals surface area contributed by atoms with Crippen molar-refractivity contribution in [1.29, 1.82) is 0 Å². The second-order valence-electron chi connectivity index (χ2n) is 3.36. The van der Waals surface area contributed by atoms with Crippen LogP contribution >= 0.6 is 11.6 Å². The zero-order chi connectivity index (χ0) is 12.1. The Hall–Kier alpha value is -0.970. The van der Waals surface area contributed by atoms with E-state index in [0.717, 1.165) is 5.56 Å². The minimum Gasteiger partial charge on any atom is -0.493 e. The van der Waals surface area contributed by atoms with Gasteiger partial charge in [-0.1, -0.05) is 11.6 Å². The van der Waals surface area contributed by atoms with Crippen molar-refractivity contribution >= 4 is 11.6 Å². The van der Waals surface area contributed by atoms with Gasteiger partial charge in [-0.15, -0.1) is 0 Å². The molecular weight excluding hydrogens is 230 g/mol. The molecule has 0 heterocycles. The summed E-state index contributed by atoms with van der Waals surface area (Å²) in [4.78, 5) is 0. The average Bonchev–Trinajstić information content (AvgIpc) is 2.28. The molecule has 0 radical (unpaired) electrons. The van der Waals surface area contributed by atoms with Gasteiger partial charge in [0.05, 0.1) is 19.2 Å². The van der Waals surface area contributed by atoms with Crippen molar-refractivity contribution in [2.45, 2.75) is 12.5 Å². The Morgan fingerprint density at radius 3 is 2.56 bits per heavy atom. The number of rotatable bonds is 5. The lowest BCUT2D eigenvalue weighted by Gasteiger charge is -2.15. The van der Waals surface area contributed by atoms with Crippen molar-refractivity contribution in [2.75, 3.05) is 20.8 Å².